The van der Waals surface area contributed by atoms with Crippen LogP contribution in [0.3, 0.4) is 0 Å². The number of aromatic nitrogens is 3. The second kappa shape index (κ2) is 11.0. The maximum absolute atomic E-state index is 12.2. The number of fused-ring (bicyclic) bond motifs is 2. The normalized spacial score (nSPS) is 13.2. The summed E-state index contributed by atoms with van der Waals surface area (Å²) in [6, 6.07) is 19.6. The molecule has 2 aromatic carbocycles. The first-order valence-corrected chi connectivity index (χ1v) is 13.8. The summed E-state index contributed by atoms with van der Waals surface area (Å²) in [5, 5.41) is 2.43. The van der Waals surface area contributed by atoms with Gasteiger partial charge in [-0.3, -0.25) is 4.98 Å². The average Bonchev–Trinajstić information content (AvgIpc) is 3.54. The van der Waals surface area contributed by atoms with E-state index in [9.17, 15) is 4.79 Å². The summed E-state index contributed by atoms with van der Waals surface area (Å²) in [6.45, 7) is 8.72. The lowest BCUT2D eigenvalue weighted by molar-refractivity contribution is 0.0599. The van der Waals surface area contributed by atoms with Gasteiger partial charge >= 0.3 is 5.97 Å². The van der Waals surface area contributed by atoms with Gasteiger partial charge in [0.2, 0.25) is 0 Å². The molecule has 2 N–H and O–H groups in total. The van der Waals surface area contributed by atoms with Crippen LogP contribution < -0.4 is 5.73 Å². The van der Waals surface area contributed by atoms with E-state index in [2.05, 4.69) is 90.6 Å². The number of pyridine rings is 1. The number of nitrogens with zero attached hydrogens (tertiary/aromatic N) is 3. The maximum Gasteiger partial charge on any atom is 0.339 e. The van der Waals surface area contributed by atoms with Crippen molar-refractivity contribution in [3.05, 3.63) is 95.6 Å². The number of methoxy groups -OCH3 is 1. The molecule has 1 fully saturated rings. The highest BCUT2D eigenvalue weighted by molar-refractivity contribution is 5.91. The predicted octanol–water partition coefficient (Wildman–Crippen LogP) is 7.68. The smallest absolute Gasteiger partial charge is 0.339 e. The number of carbonyl (C=O) groups excluding carboxylic acids is 1. The van der Waals surface area contributed by atoms with Gasteiger partial charge in [-0.2, -0.15) is 0 Å². The van der Waals surface area contributed by atoms with E-state index in [0.29, 0.717) is 30.0 Å². The summed E-state index contributed by atoms with van der Waals surface area (Å²) in [6.07, 6.45) is 9.15. The number of hydrogen-bond acceptors (Lipinski definition) is 4. The number of rotatable bonds is 6. The standard InChI is InChI=1S/C22H24N2O2.C11H14N2/c1-14(2)24-9-8-17-10-15(4-7-21(17)24)11-20-19(22(25)26-3)12-18(13-23-20)16-5-6-16;1-8(2)13-6-5-9-7-10(12)3-4-11(9)13/h4,7-10,12-14,16H,5-6,11H2,1-3H3;3-8H,12H2,1-2H3. The van der Waals surface area contributed by atoms with Crippen LogP contribution in [0.25, 0.3) is 21.8 Å². The molecule has 6 nitrogen and oxygen atoms in total. The lowest BCUT2D eigenvalue weighted by atomic mass is 10.0. The van der Waals surface area contributed by atoms with Crippen molar-refractivity contribution in [2.75, 3.05) is 12.8 Å². The molecule has 0 saturated heterocycles. The summed E-state index contributed by atoms with van der Waals surface area (Å²) in [5.74, 6) is 0.258. The van der Waals surface area contributed by atoms with Gasteiger partial charge in [-0.1, -0.05) is 6.07 Å². The quantitative estimate of drug-likeness (QED) is 0.183. The second-order valence-electron chi connectivity index (χ2n) is 11.1. The summed E-state index contributed by atoms with van der Waals surface area (Å²) >= 11 is 0. The van der Waals surface area contributed by atoms with Gasteiger partial charge in [0.05, 0.1) is 18.4 Å². The van der Waals surface area contributed by atoms with E-state index in [0.717, 1.165) is 22.5 Å². The molecule has 1 aliphatic rings. The Kier molecular flexibility index (Phi) is 7.47. The first-order valence-electron chi connectivity index (χ1n) is 13.8. The average molecular weight is 523 g/mol. The molecule has 0 bridgehead atoms. The Balaban J connectivity index is 0.000000198. The number of esters is 1. The zero-order valence-electron chi connectivity index (χ0n) is 23.5. The number of carbonyl (C=O) groups is 1. The molecule has 0 radical (unpaired) electrons. The minimum atomic E-state index is -0.304. The zero-order chi connectivity index (χ0) is 27.7. The number of hydrogen-bond donors (Lipinski definition) is 1. The number of nitrogens with two attached hydrogens (primary N) is 1. The van der Waals surface area contributed by atoms with Crippen LogP contribution in [0.1, 0.15) is 85.7 Å². The molecule has 202 valence electrons. The Morgan fingerprint density at radius 3 is 2.13 bits per heavy atom. The van der Waals surface area contributed by atoms with Gasteiger partial charge in [-0.15, -0.1) is 0 Å². The number of benzene rings is 2. The van der Waals surface area contributed by atoms with E-state index >= 15 is 0 Å². The lowest BCUT2D eigenvalue weighted by Crippen LogP contribution is -2.09. The van der Waals surface area contributed by atoms with Gasteiger partial charge < -0.3 is 19.6 Å². The highest BCUT2D eigenvalue weighted by Crippen LogP contribution is 2.40. The minimum absolute atomic E-state index is 0.304. The van der Waals surface area contributed by atoms with E-state index in [4.69, 9.17) is 10.5 Å². The first kappa shape index (κ1) is 26.5. The van der Waals surface area contributed by atoms with Crippen LogP contribution in [0.4, 0.5) is 5.69 Å². The summed E-state index contributed by atoms with van der Waals surface area (Å²) in [4.78, 5) is 16.9. The summed E-state index contributed by atoms with van der Waals surface area (Å²) in [7, 11) is 1.43. The van der Waals surface area contributed by atoms with Crippen molar-refractivity contribution < 1.29 is 9.53 Å². The number of nitrogen functional groups attached to an aromatic ring is 1. The van der Waals surface area contributed by atoms with Crippen molar-refractivity contribution in [1.82, 2.24) is 14.1 Å². The van der Waals surface area contributed by atoms with Gasteiger partial charge in [-0.05, 0) is 111 Å². The molecule has 1 saturated carbocycles. The Hall–Kier alpha value is -4.06. The topological polar surface area (TPSA) is 75.1 Å². The molecular formula is C33H38N4O2. The fourth-order valence-electron chi connectivity index (χ4n) is 5.18. The molecule has 3 aromatic heterocycles. The van der Waals surface area contributed by atoms with Gasteiger partial charge in [0, 0.05) is 59.2 Å². The fourth-order valence-corrected chi connectivity index (χ4v) is 5.18. The van der Waals surface area contributed by atoms with E-state index in [1.54, 1.807) is 0 Å². The van der Waals surface area contributed by atoms with Crippen molar-refractivity contribution in [1.29, 1.82) is 0 Å². The largest absolute Gasteiger partial charge is 0.465 e. The highest BCUT2D eigenvalue weighted by atomic mass is 16.5. The van der Waals surface area contributed by atoms with Gasteiger partial charge in [0.1, 0.15) is 0 Å². The van der Waals surface area contributed by atoms with Crippen molar-refractivity contribution in [3.8, 4) is 0 Å². The van der Waals surface area contributed by atoms with Crippen LogP contribution >= 0.6 is 0 Å². The van der Waals surface area contributed by atoms with E-state index < -0.39 is 0 Å². The van der Waals surface area contributed by atoms with Crippen LogP contribution in [-0.2, 0) is 11.2 Å². The molecule has 3 heterocycles. The molecular weight excluding hydrogens is 484 g/mol. The Bertz CT molecular complexity index is 1620. The van der Waals surface area contributed by atoms with Crippen LogP contribution in [0.2, 0.25) is 0 Å². The van der Waals surface area contributed by atoms with Crippen LogP contribution in [0.15, 0.2) is 73.2 Å². The van der Waals surface area contributed by atoms with Gasteiger partial charge in [0.25, 0.3) is 0 Å². The molecule has 39 heavy (non-hydrogen) atoms. The Morgan fingerprint density at radius 1 is 0.923 bits per heavy atom. The first-order chi connectivity index (χ1) is 18.7. The molecule has 5 aromatic rings. The maximum atomic E-state index is 12.2. The summed E-state index contributed by atoms with van der Waals surface area (Å²) in [5.41, 5.74) is 12.7. The van der Waals surface area contributed by atoms with Crippen molar-refractivity contribution in [2.24, 2.45) is 0 Å². The Morgan fingerprint density at radius 2 is 1.54 bits per heavy atom. The lowest BCUT2D eigenvalue weighted by Gasteiger charge is -2.11. The predicted molar refractivity (Wildman–Crippen MR) is 159 cm³/mol. The molecule has 0 unspecified atom stereocenters. The third-order valence-electron chi connectivity index (χ3n) is 7.46. The van der Waals surface area contributed by atoms with Crippen molar-refractivity contribution >= 4 is 33.5 Å². The number of anilines is 1. The van der Waals surface area contributed by atoms with Crippen LogP contribution in [0, 0.1) is 0 Å². The molecule has 6 heteroatoms. The van der Waals surface area contributed by atoms with Gasteiger partial charge in [0.15, 0.2) is 0 Å². The van der Waals surface area contributed by atoms with E-state index in [-0.39, 0.29) is 5.97 Å². The molecule has 0 atom stereocenters. The SMILES string of the molecule is CC(C)n1ccc2cc(N)ccc21.COC(=O)c1cc(C2CC2)cnc1Cc1ccc2c(ccn2C(C)C)c1. The van der Waals surface area contributed by atoms with E-state index in [1.165, 1.54) is 41.8 Å². The van der Waals surface area contributed by atoms with Gasteiger partial charge in [-0.25, -0.2) is 4.79 Å². The van der Waals surface area contributed by atoms with Crippen LogP contribution in [0.5, 0.6) is 0 Å². The zero-order valence-corrected chi connectivity index (χ0v) is 23.5. The molecule has 6 rings (SSSR count). The van der Waals surface area contributed by atoms with E-state index in [1.807, 2.05) is 24.4 Å². The van der Waals surface area contributed by atoms with Crippen LogP contribution in [-0.4, -0.2) is 27.2 Å². The third kappa shape index (κ3) is 5.70. The minimum Gasteiger partial charge on any atom is -0.465 e. The Labute approximate surface area is 230 Å². The molecule has 0 spiro atoms. The third-order valence-corrected chi connectivity index (χ3v) is 7.46. The highest BCUT2D eigenvalue weighted by Gasteiger charge is 2.26. The van der Waals surface area contributed by atoms with Crippen molar-refractivity contribution in [3.63, 3.8) is 0 Å². The summed E-state index contributed by atoms with van der Waals surface area (Å²) < 4.78 is 9.50. The molecule has 0 aliphatic heterocycles. The fraction of sp³-hybridized carbons (Fsp3) is 0.333. The number of ether oxygens (including phenoxy) is 1. The monoisotopic (exact) mass is 522 g/mol. The molecule has 1 aliphatic carbocycles. The van der Waals surface area contributed by atoms with Crippen molar-refractivity contribution in [2.45, 2.75) is 65.0 Å². The second-order valence-corrected chi connectivity index (χ2v) is 11.1. The molecule has 0 amide bonds.